The van der Waals surface area contributed by atoms with Crippen LogP contribution in [0, 0.1) is 6.92 Å². The maximum atomic E-state index is 4.74. The lowest BCUT2D eigenvalue weighted by molar-refractivity contribution is 0.555. The van der Waals surface area contributed by atoms with Crippen molar-refractivity contribution in [3.8, 4) is 0 Å². The van der Waals surface area contributed by atoms with Crippen molar-refractivity contribution in [2.45, 2.75) is 38.3 Å². The second-order valence-electron chi connectivity index (χ2n) is 7.35. The molecule has 2 aromatic rings. The lowest BCUT2D eigenvalue weighted by Gasteiger charge is -2.37. The van der Waals surface area contributed by atoms with E-state index in [1.54, 1.807) is 18.1 Å². The van der Waals surface area contributed by atoms with Crippen molar-refractivity contribution in [1.82, 2.24) is 19.9 Å². The first-order valence-electron chi connectivity index (χ1n) is 8.58. The highest BCUT2D eigenvalue weighted by atomic mass is 32.2. The van der Waals surface area contributed by atoms with Gasteiger partial charge < -0.3 is 9.80 Å². The Morgan fingerprint density at radius 3 is 2.32 bits per heavy atom. The molecule has 0 atom stereocenters. The Kier molecular flexibility index (Phi) is 5.13. The summed E-state index contributed by atoms with van der Waals surface area (Å²) in [7, 11) is 0. The molecule has 0 spiro atoms. The van der Waals surface area contributed by atoms with Gasteiger partial charge >= 0.3 is 0 Å². The molecule has 1 saturated heterocycles. The van der Waals surface area contributed by atoms with Crippen LogP contribution in [0.15, 0.2) is 23.7 Å². The van der Waals surface area contributed by atoms with Gasteiger partial charge in [0.05, 0.1) is 5.69 Å². The molecule has 0 aromatic carbocycles. The normalized spacial score (nSPS) is 15.6. The summed E-state index contributed by atoms with van der Waals surface area (Å²) < 4.78 is 0. The van der Waals surface area contributed by atoms with Crippen LogP contribution in [0.2, 0.25) is 0 Å². The Bertz CT molecular complexity index is 735. The largest absolute Gasteiger partial charge is 0.353 e. The number of thioether (sulfide) groups is 1. The van der Waals surface area contributed by atoms with Crippen molar-refractivity contribution < 1.29 is 0 Å². The Balaban J connectivity index is 1.78. The molecule has 2 aromatic heterocycles. The smallest absolute Gasteiger partial charge is 0.189 e. The van der Waals surface area contributed by atoms with Crippen LogP contribution in [0.5, 0.6) is 0 Å². The molecule has 0 amide bonds. The van der Waals surface area contributed by atoms with Crippen LogP contribution in [0.1, 0.15) is 32.0 Å². The number of rotatable bonds is 3. The first-order valence-corrected chi connectivity index (χ1v) is 9.81. The average Bonchev–Trinajstić information content (AvgIpc) is 2.61. The molecule has 0 saturated carbocycles. The first kappa shape index (κ1) is 17.9. The number of aryl methyl sites for hydroxylation is 1. The molecule has 0 N–H and O–H groups in total. The average molecular weight is 359 g/mol. The van der Waals surface area contributed by atoms with E-state index in [1.807, 2.05) is 12.5 Å². The van der Waals surface area contributed by atoms with Crippen LogP contribution in [-0.2, 0) is 5.41 Å². The lowest BCUT2D eigenvalue weighted by atomic mass is 9.92. The maximum absolute atomic E-state index is 4.74. The fourth-order valence-corrected chi connectivity index (χ4v) is 3.30. The SMILES string of the molecule is CSc1nc(N2CCN(c3ncncc3C)CC2)cc(C(C)(C)C)n1. The molecule has 1 aliphatic heterocycles. The highest BCUT2D eigenvalue weighted by Crippen LogP contribution is 2.27. The van der Waals surface area contributed by atoms with Crippen molar-refractivity contribution in [1.29, 1.82) is 0 Å². The topological polar surface area (TPSA) is 58.0 Å². The molecule has 0 unspecified atom stereocenters. The fourth-order valence-electron chi connectivity index (χ4n) is 2.92. The third-order valence-electron chi connectivity index (χ3n) is 4.41. The van der Waals surface area contributed by atoms with E-state index in [-0.39, 0.29) is 5.41 Å². The van der Waals surface area contributed by atoms with Crippen molar-refractivity contribution in [3.63, 3.8) is 0 Å². The number of hydrogen-bond donors (Lipinski definition) is 0. The second-order valence-corrected chi connectivity index (χ2v) is 8.12. The number of piperazine rings is 1. The molecule has 3 rings (SSSR count). The predicted octanol–water partition coefficient (Wildman–Crippen LogP) is 2.92. The molecule has 0 aliphatic carbocycles. The molecule has 1 aliphatic rings. The summed E-state index contributed by atoms with van der Waals surface area (Å²) in [6.07, 6.45) is 5.53. The molecular weight excluding hydrogens is 332 g/mol. The second kappa shape index (κ2) is 7.15. The predicted molar refractivity (Wildman–Crippen MR) is 104 cm³/mol. The van der Waals surface area contributed by atoms with E-state index in [0.717, 1.165) is 54.2 Å². The third-order valence-corrected chi connectivity index (χ3v) is 4.96. The summed E-state index contributed by atoms with van der Waals surface area (Å²) in [4.78, 5) is 22.6. The molecule has 1 fully saturated rings. The molecule has 0 radical (unpaired) electrons. The summed E-state index contributed by atoms with van der Waals surface area (Å²) in [5, 5.41) is 0.844. The van der Waals surface area contributed by atoms with E-state index in [4.69, 9.17) is 4.98 Å². The van der Waals surface area contributed by atoms with Crippen molar-refractivity contribution in [3.05, 3.63) is 29.8 Å². The third kappa shape index (κ3) is 4.03. The summed E-state index contributed by atoms with van der Waals surface area (Å²) in [5.41, 5.74) is 2.23. The van der Waals surface area contributed by atoms with E-state index in [9.17, 15) is 0 Å². The van der Waals surface area contributed by atoms with Crippen LogP contribution in [0.25, 0.3) is 0 Å². The van der Waals surface area contributed by atoms with E-state index in [0.29, 0.717) is 0 Å². The Morgan fingerprint density at radius 2 is 1.72 bits per heavy atom. The van der Waals surface area contributed by atoms with Crippen molar-refractivity contribution in [2.24, 2.45) is 0 Å². The standard InChI is InChI=1S/C18H26N6S/c1-13-11-19-12-20-16(13)24-8-6-23(7-9-24)15-10-14(18(2,3)4)21-17(22-15)25-5/h10-12H,6-9H2,1-5H3. The molecule has 0 bridgehead atoms. The minimum Gasteiger partial charge on any atom is -0.353 e. The van der Waals surface area contributed by atoms with Crippen LogP contribution >= 0.6 is 11.8 Å². The van der Waals surface area contributed by atoms with Gasteiger partial charge in [0.15, 0.2) is 5.16 Å². The summed E-state index contributed by atoms with van der Waals surface area (Å²) in [6, 6.07) is 2.14. The monoisotopic (exact) mass is 358 g/mol. The Hall–Kier alpha value is -1.89. The quantitative estimate of drug-likeness (QED) is 0.617. The van der Waals surface area contributed by atoms with Gasteiger partial charge in [0.2, 0.25) is 0 Å². The van der Waals surface area contributed by atoms with Crippen molar-refractivity contribution in [2.75, 3.05) is 42.2 Å². The molecule has 7 heteroatoms. The molecule has 3 heterocycles. The van der Waals surface area contributed by atoms with E-state index in [1.165, 1.54) is 0 Å². The zero-order valence-corrected chi connectivity index (χ0v) is 16.5. The van der Waals surface area contributed by atoms with Crippen molar-refractivity contribution >= 4 is 23.4 Å². The molecular formula is C18H26N6S. The molecule has 6 nitrogen and oxygen atoms in total. The van der Waals surface area contributed by atoms with Crippen LogP contribution in [-0.4, -0.2) is 52.4 Å². The highest BCUT2D eigenvalue weighted by molar-refractivity contribution is 7.98. The molecule has 134 valence electrons. The van der Waals surface area contributed by atoms with Gasteiger partial charge in [0.25, 0.3) is 0 Å². The lowest BCUT2D eigenvalue weighted by Crippen LogP contribution is -2.47. The zero-order valence-electron chi connectivity index (χ0n) is 15.7. The van der Waals surface area contributed by atoms with E-state index >= 15 is 0 Å². The summed E-state index contributed by atoms with van der Waals surface area (Å²) in [6.45, 7) is 12.4. The fraction of sp³-hybridized carbons (Fsp3) is 0.556. The van der Waals surface area contributed by atoms with Gasteiger partial charge in [-0.25, -0.2) is 19.9 Å². The van der Waals surface area contributed by atoms with Gasteiger partial charge in [-0.2, -0.15) is 0 Å². The maximum Gasteiger partial charge on any atom is 0.189 e. The molecule has 25 heavy (non-hydrogen) atoms. The Morgan fingerprint density at radius 1 is 1.04 bits per heavy atom. The van der Waals surface area contributed by atoms with E-state index < -0.39 is 0 Å². The van der Waals surface area contributed by atoms with Gasteiger partial charge in [-0.1, -0.05) is 32.5 Å². The zero-order chi connectivity index (χ0) is 18.0. The van der Waals surface area contributed by atoms with Gasteiger partial charge in [0.1, 0.15) is 18.0 Å². The van der Waals surface area contributed by atoms with Gasteiger partial charge in [-0.3, -0.25) is 0 Å². The Labute approximate surface area is 154 Å². The number of nitrogens with zero attached hydrogens (tertiary/aromatic N) is 6. The van der Waals surface area contributed by atoms with Crippen LogP contribution < -0.4 is 9.80 Å². The number of aromatic nitrogens is 4. The van der Waals surface area contributed by atoms with Gasteiger partial charge in [0, 0.05) is 49.4 Å². The minimum atomic E-state index is 0.0159. The van der Waals surface area contributed by atoms with Crippen LogP contribution in [0.3, 0.4) is 0 Å². The summed E-state index contributed by atoms with van der Waals surface area (Å²) in [5.74, 6) is 2.07. The van der Waals surface area contributed by atoms with E-state index in [2.05, 4.69) is 58.5 Å². The minimum absolute atomic E-state index is 0.0159. The highest BCUT2D eigenvalue weighted by Gasteiger charge is 2.23. The van der Waals surface area contributed by atoms with Gasteiger partial charge in [-0.15, -0.1) is 0 Å². The van der Waals surface area contributed by atoms with Gasteiger partial charge in [-0.05, 0) is 13.2 Å². The number of anilines is 2. The number of hydrogen-bond acceptors (Lipinski definition) is 7. The van der Waals surface area contributed by atoms with Crippen LogP contribution in [0.4, 0.5) is 11.6 Å². The first-order chi connectivity index (χ1) is 11.9. The summed E-state index contributed by atoms with van der Waals surface area (Å²) >= 11 is 1.60.